The number of carbonyl (C=O) groups is 2. The van der Waals surface area contributed by atoms with Gasteiger partial charge in [-0.1, -0.05) is 12.1 Å². The van der Waals surface area contributed by atoms with E-state index in [9.17, 15) is 22.8 Å². The highest BCUT2D eigenvalue weighted by molar-refractivity contribution is 6.08. The zero-order valence-corrected chi connectivity index (χ0v) is 18.2. The van der Waals surface area contributed by atoms with Crippen LogP contribution in [0.5, 0.6) is 5.75 Å². The highest BCUT2D eigenvalue weighted by Crippen LogP contribution is 2.50. The van der Waals surface area contributed by atoms with E-state index in [0.29, 0.717) is 28.9 Å². The Bertz CT molecular complexity index is 1210. The zero-order valence-electron chi connectivity index (χ0n) is 18.2. The fraction of sp³-hybridized carbons (Fsp3) is 0.360. The van der Waals surface area contributed by atoms with Gasteiger partial charge in [-0.15, -0.1) is 0 Å². The Kier molecular flexibility index (Phi) is 4.64. The number of benzene rings is 2. The van der Waals surface area contributed by atoms with Crippen LogP contribution < -0.4 is 15.4 Å². The fourth-order valence-corrected chi connectivity index (χ4v) is 4.75. The molecule has 5 nitrogen and oxygen atoms in total. The molecule has 2 heterocycles. The number of amides is 2. The number of halogens is 3. The first-order valence-electron chi connectivity index (χ1n) is 10.9. The van der Waals surface area contributed by atoms with Crippen LogP contribution in [0.3, 0.4) is 0 Å². The molecule has 1 saturated carbocycles. The van der Waals surface area contributed by atoms with Crippen LogP contribution in [0.4, 0.5) is 24.5 Å². The second-order valence-corrected chi connectivity index (χ2v) is 9.52. The molecule has 1 spiro atoms. The van der Waals surface area contributed by atoms with Crippen molar-refractivity contribution in [1.82, 2.24) is 0 Å². The average molecular weight is 456 g/mol. The molecule has 3 aliphatic rings. The highest BCUT2D eigenvalue weighted by atomic mass is 19.4. The van der Waals surface area contributed by atoms with E-state index in [0.717, 1.165) is 37.0 Å². The van der Waals surface area contributed by atoms with Crippen molar-refractivity contribution < 1.29 is 27.5 Å². The lowest BCUT2D eigenvalue weighted by molar-refractivity contribution is -0.138. The molecule has 2 amide bonds. The molecule has 0 aromatic heterocycles. The summed E-state index contributed by atoms with van der Waals surface area (Å²) in [5.74, 6) is -0.334. The molecule has 0 unspecified atom stereocenters. The number of hydrogen-bond acceptors (Lipinski definition) is 3. The minimum atomic E-state index is -4.47. The van der Waals surface area contributed by atoms with Gasteiger partial charge < -0.3 is 15.4 Å². The van der Waals surface area contributed by atoms with Gasteiger partial charge in [0.15, 0.2) is 0 Å². The van der Waals surface area contributed by atoms with Crippen LogP contribution in [-0.2, 0) is 21.2 Å². The molecule has 172 valence electrons. The van der Waals surface area contributed by atoms with Crippen molar-refractivity contribution in [1.29, 1.82) is 0 Å². The van der Waals surface area contributed by atoms with Gasteiger partial charge >= 0.3 is 6.18 Å². The third-order valence-electron chi connectivity index (χ3n) is 6.84. The number of ether oxygens (including phenoxy) is 1. The molecule has 0 bridgehead atoms. The van der Waals surface area contributed by atoms with E-state index in [1.165, 1.54) is 12.1 Å². The van der Waals surface area contributed by atoms with Crippen LogP contribution in [0.2, 0.25) is 0 Å². The Labute approximate surface area is 189 Å². The molecule has 0 saturated heterocycles. The van der Waals surface area contributed by atoms with E-state index in [1.54, 1.807) is 12.1 Å². The van der Waals surface area contributed by atoms with Gasteiger partial charge in [0.2, 0.25) is 11.8 Å². The maximum atomic E-state index is 13.2. The van der Waals surface area contributed by atoms with Gasteiger partial charge in [-0.25, -0.2) is 0 Å². The quantitative estimate of drug-likeness (QED) is 0.573. The van der Waals surface area contributed by atoms with Gasteiger partial charge in [0.25, 0.3) is 0 Å². The van der Waals surface area contributed by atoms with Crippen molar-refractivity contribution in [3.05, 3.63) is 59.2 Å². The van der Waals surface area contributed by atoms with Crippen LogP contribution in [0.25, 0.3) is 5.57 Å². The Morgan fingerprint density at radius 3 is 2.58 bits per heavy atom. The predicted octanol–water partition coefficient (Wildman–Crippen LogP) is 5.66. The first-order valence-corrected chi connectivity index (χ1v) is 10.9. The lowest BCUT2D eigenvalue weighted by Crippen LogP contribution is -2.45. The lowest BCUT2D eigenvalue weighted by Gasteiger charge is -2.46. The Morgan fingerprint density at radius 2 is 1.91 bits per heavy atom. The van der Waals surface area contributed by atoms with Crippen molar-refractivity contribution in [2.75, 3.05) is 10.6 Å². The number of hydrogen-bond donors (Lipinski definition) is 2. The molecule has 1 aliphatic carbocycles. The Balaban J connectivity index is 1.43. The van der Waals surface area contributed by atoms with Crippen molar-refractivity contribution in [3.8, 4) is 5.75 Å². The third-order valence-corrected chi connectivity index (χ3v) is 6.84. The smallest absolute Gasteiger partial charge is 0.416 e. The SMILES string of the molecule is CC1(C)C(=O)Nc2cc(NC(=O)C=C3CC4(CCC4)Oc4cc(C(F)(F)F)ccc43)ccc21. The summed E-state index contributed by atoms with van der Waals surface area (Å²) in [4.78, 5) is 25.0. The van der Waals surface area contributed by atoms with Gasteiger partial charge in [0.05, 0.1) is 11.0 Å². The van der Waals surface area contributed by atoms with Crippen molar-refractivity contribution in [2.24, 2.45) is 0 Å². The standard InChI is InChI=1S/C25H23F3N2O3/c1-23(2)18-7-5-16(12-19(18)30-22(23)32)29-21(31)10-14-13-24(8-3-9-24)33-20-11-15(25(26,27)28)4-6-17(14)20/h4-7,10-12H,3,8-9,13H2,1-2H3,(H,29,31)(H,30,32). The summed E-state index contributed by atoms with van der Waals surface area (Å²) in [5, 5.41) is 5.63. The number of alkyl halides is 3. The number of carbonyl (C=O) groups excluding carboxylic acids is 2. The molecule has 1 fully saturated rings. The molecular weight excluding hydrogens is 433 g/mol. The van der Waals surface area contributed by atoms with Crippen LogP contribution in [0, 0.1) is 0 Å². The summed E-state index contributed by atoms with van der Waals surface area (Å²) in [6.07, 6.45) is -0.159. The minimum Gasteiger partial charge on any atom is -0.486 e. The monoisotopic (exact) mass is 456 g/mol. The van der Waals surface area contributed by atoms with E-state index in [2.05, 4.69) is 10.6 Å². The van der Waals surface area contributed by atoms with Gasteiger partial charge in [-0.05, 0) is 68.5 Å². The average Bonchev–Trinajstić information content (AvgIpc) is 2.93. The molecule has 8 heteroatoms. The zero-order chi connectivity index (χ0) is 23.6. The van der Waals surface area contributed by atoms with E-state index in [1.807, 2.05) is 19.9 Å². The predicted molar refractivity (Wildman–Crippen MR) is 118 cm³/mol. The van der Waals surface area contributed by atoms with Gasteiger partial charge in [0, 0.05) is 29.4 Å². The molecule has 0 radical (unpaired) electrons. The maximum Gasteiger partial charge on any atom is 0.416 e. The fourth-order valence-electron chi connectivity index (χ4n) is 4.75. The molecule has 2 aliphatic heterocycles. The van der Waals surface area contributed by atoms with Gasteiger partial charge in [-0.2, -0.15) is 13.2 Å². The molecular formula is C25H23F3N2O3. The molecule has 33 heavy (non-hydrogen) atoms. The molecule has 0 atom stereocenters. The van der Waals surface area contributed by atoms with E-state index in [4.69, 9.17) is 4.74 Å². The van der Waals surface area contributed by atoms with Crippen molar-refractivity contribution >= 4 is 28.8 Å². The number of rotatable bonds is 2. The second-order valence-electron chi connectivity index (χ2n) is 9.52. The third kappa shape index (κ3) is 3.67. The van der Waals surface area contributed by atoms with Crippen molar-refractivity contribution in [2.45, 2.75) is 56.7 Å². The minimum absolute atomic E-state index is 0.106. The van der Waals surface area contributed by atoms with Crippen LogP contribution in [-0.4, -0.2) is 17.4 Å². The summed E-state index contributed by atoms with van der Waals surface area (Å²) >= 11 is 0. The summed E-state index contributed by atoms with van der Waals surface area (Å²) < 4.78 is 45.6. The molecule has 2 N–H and O–H groups in total. The lowest BCUT2D eigenvalue weighted by atomic mass is 9.72. The first kappa shape index (κ1) is 21.6. The van der Waals surface area contributed by atoms with E-state index in [-0.39, 0.29) is 11.7 Å². The number of nitrogens with one attached hydrogen (secondary N) is 2. The first-order chi connectivity index (χ1) is 15.5. The number of fused-ring (bicyclic) bond motifs is 2. The molecule has 2 aromatic carbocycles. The van der Waals surface area contributed by atoms with Crippen LogP contribution >= 0.6 is 0 Å². The molecule has 5 rings (SSSR count). The van der Waals surface area contributed by atoms with Crippen LogP contribution in [0.1, 0.15) is 56.2 Å². The summed E-state index contributed by atoms with van der Waals surface area (Å²) in [6.45, 7) is 3.67. The summed E-state index contributed by atoms with van der Waals surface area (Å²) in [6, 6.07) is 8.65. The topological polar surface area (TPSA) is 67.4 Å². The Morgan fingerprint density at radius 1 is 1.15 bits per heavy atom. The normalized spacial score (nSPS) is 21.0. The second kappa shape index (κ2) is 7.10. The molecule has 2 aromatic rings. The summed E-state index contributed by atoms with van der Waals surface area (Å²) in [7, 11) is 0. The highest BCUT2D eigenvalue weighted by Gasteiger charge is 2.44. The largest absolute Gasteiger partial charge is 0.486 e. The van der Waals surface area contributed by atoms with E-state index >= 15 is 0 Å². The summed E-state index contributed by atoms with van der Waals surface area (Å²) in [5.41, 5.74) is 1.22. The van der Waals surface area contributed by atoms with Gasteiger partial charge in [-0.3, -0.25) is 9.59 Å². The maximum absolute atomic E-state index is 13.2. The Hall–Kier alpha value is -3.29. The van der Waals surface area contributed by atoms with Crippen molar-refractivity contribution in [3.63, 3.8) is 0 Å². The number of anilines is 2. The van der Waals surface area contributed by atoms with Crippen LogP contribution in [0.15, 0.2) is 42.5 Å². The van der Waals surface area contributed by atoms with E-state index < -0.39 is 28.7 Å². The van der Waals surface area contributed by atoms with Gasteiger partial charge in [0.1, 0.15) is 11.4 Å².